The van der Waals surface area contributed by atoms with Gasteiger partial charge in [0.1, 0.15) is 5.41 Å². The number of carbonyl (C=O) groups excluding carboxylic acids is 3. The average Bonchev–Trinajstić information content (AvgIpc) is 2.49. The molecule has 2 aliphatic rings. The molecule has 0 radical (unpaired) electrons. The topological polar surface area (TPSA) is 75.3 Å². The van der Waals surface area contributed by atoms with Crippen LogP contribution in [-0.4, -0.2) is 17.8 Å². The largest absolute Gasteiger partial charge is 1.00 e. The zero-order chi connectivity index (χ0) is 13.7. The van der Waals surface area contributed by atoms with E-state index in [4.69, 9.17) is 0 Å². The number of rotatable bonds is 1. The summed E-state index contributed by atoms with van der Waals surface area (Å²) in [6.07, 6.45) is 0.841. The fourth-order valence-corrected chi connectivity index (χ4v) is 3.84. The van der Waals surface area contributed by atoms with Gasteiger partial charge in [-0.1, -0.05) is 27.7 Å². The van der Waals surface area contributed by atoms with Crippen LogP contribution in [0.4, 0.5) is 4.79 Å². The van der Waals surface area contributed by atoms with Gasteiger partial charge in [0, 0.05) is 0 Å². The van der Waals surface area contributed by atoms with E-state index >= 15 is 0 Å². The van der Waals surface area contributed by atoms with Crippen LogP contribution >= 0.6 is 0 Å². The van der Waals surface area contributed by atoms with E-state index in [-0.39, 0.29) is 41.4 Å². The van der Waals surface area contributed by atoms with Crippen molar-refractivity contribution in [2.75, 3.05) is 0 Å². The molecule has 0 aromatic carbocycles. The van der Waals surface area contributed by atoms with Crippen molar-refractivity contribution in [2.45, 2.75) is 34.1 Å². The molecule has 19 heavy (non-hydrogen) atoms. The molecule has 1 saturated heterocycles. The van der Waals surface area contributed by atoms with Gasteiger partial charge < -0.3 is 0 Å². The minimum atomic E-state index is -1.08. The Morgan fingerprint density at radius 3 is 1.95 bits per heavy atom. The van der Waals surface area contributed by atoms with E-state index in [2.05, 4.69) is 24.5 Å². The van der Waals surface area contributed by atoms with Gasteiger partial charge in [-0.15, -0.1) is 0 Å². The molecule has 6 heteroatoms. The summed E-state index contributed by atoms with van der Waals surface area (Å²) < 4.78 is 0. The molecule has 3 unspecified atom stereocenters. The van der Waals surface area contributed by atoms with Crippen molar-refractivity contribution in [1.29, 1.82) is 0 Å². The Bertz CT molecular complexity index is 402. The normalized spacial score (nSPS) is 33.1. The second-order valence-corrected chi connectivity index (χ2v) is 5.94. The third-order valence-corrected chi connectivity index (χ3v) is 4.83. The van der Waals surface area contributed by atoms with E-state index in [0.717, 1.165) is 6.42 Å². The minimum Gasteiger partial charge on any atom is -0.277 e. The number of imide groups is 2. The van der Waals surface area contributed by atoms with Crippen LogP contribution in [0.15, 0.2) is 0 Å². The van der Waals surface area contributed by atoms with Gasteiger partial charge in [-0.25, -0.2) is 4.79 Å². The van der Waals surface area contributed by atoms with E-state index in [1.54, 1.807) is 0 Å². The van der Waals surface area contributed by atoms with E-state index < -0.39 is 23.3 Å². The second kappa shape index (κ2) is 5.54. The molecule has 2 rings (SSSR count). The van der Waals surface area contributed by atoms with E-state index in [1.807, 2.05) is 13.8 Å². The Morgan fingerprint density at radius 1 is 1.11 bits per heavy atom. The maximum Gasteiger partial charge on any atom is 1.00 e. The van der Waals surface area contributed by atoms with Crippen LogP contribution in [0.2, 0.25) is 0 Å². The molecular formula is C13H20N2NaO3+. The molecule has 3 atom stereocenters. The predicted octanol–water partition coefficient (Wildman–Crippen LogP) is -1.71. The van der Waals surface area contributed by atoms with Gasteiger partial charge >= 0.3 is 35.6 Å². The van der Waals surface area contributed by atoms with Gasteiger partial charge in [0.25, 0.3) is 0 Å². The zero-order valence-corrected chi connectivity index (χ0v) is 14.2. The van der Waals surface area contributed by atoms with Gasteiger partial charge in [0.05, 0.1) is 0 Å². The molecule has 2 N–H and O–H groups in total. The number of carbonyl (C=O) groups is 3. The number of barbiturate groups is 1. The summed E-state index contributed by atoms with van der Waals surface area (Å²) in [5, 5.41) is 4.51. The third kappa shape index (κ3) is 2.26. The standard InChI is InChI=1S/C13H20N2O3.Na/c1-6(2)9-5-7(3)13(8(9)4)10(16)14-12(18)15-11(13)17;/h6-9H,5H2,1-4H3,(H2,14,15,16,17,18);/q;+1. The molecule has 1 aliphatic carbocycles. The maximum absolute atomic E-state index is 12.2. The van der Waals surface area contributed by atoms with Gasteiger partial charge in [-0.05, 0) is 30.1 Å². The summed E-state index contributed by atoms with van der Waals surface area (Å²) in [5.41, 5.74) is -1.08. The van der Waals surface area contributed by atoms with Crippen LogP contribution in [0.25, 0.3) is 0 Å². The quantitative estimate of drug-likeness (QED) is 0.442. The van der Waals surface area contributed by atoms with Crippen molar-refractivity contribution in [3.05, 3.63) is 0 Å². The van der Waals surface area contributed by atoms with Crippen LogP contribution in [0.5, 0.6) is 0 Å². The van der Waals surface area contributed by atoms with Crippen molar-refractivity contribution in [1.82, 2.24) is 10.6 Å². The first-order valence-corrected chi connectivity index (χ1v) is 6.48. The fourth-order valence-electron chi connectivity index (χ4n) is 3.84. The maximum atomic E-state index is 12.2. The number of urea groups is 1. The third-order valence-electron chi connectivity index (χ3n) is 4.83. The van der Waals surface area contributed by atoms with E-state index in [0.29, 0.717) is 11.8 Å². The van der Waals surface area contributed by atoms with E-state index in [1.165, 1.54) is 0 Å². The number of nitrogens with one attached hydrogen (secondary N) is 2. The van der Waals surface area contributed by atoms with Crippen molar-refractivity contribution in [2.24, 2.45) is 29.1 Å². The molecule has 4 amide bonds. The average molecular weight is 275 g/mol. The van der Waals surface area contributed by atoms with Crippen molar-refractivity contribution < 1.29 is 43.9 Å². The first-order chi connectivity index (χ1) is 8.31. The van der Waals surface area contributed by atoms with Crippen molar-refractivity contribution >= 4 is 17.8 Å². The van der Waals surface area contributed by atoms with Crippen LogP contribution in [0.3, 0.4) is 0 Å². The molecule has 0 aromatic rings. The molecule has 1 heterocycles. The number of hydrogen-bond donors (Lipinski definition) is 2. The summed E-state index contributed by atoms with van der Waals surface area (Å²) in [4.78, 5) is 35.7. The minimum absolute atomic E-state index is 0. The fraction of sp³-hybridized carbons (Fsp3) is 0.769. The molecule has 5 nitrogen and oxygen atoms in total. The van der Waals surface area contributed by atoms with Crippen LogP contribution in [0.1, 0.15) is 34.1 Å². The van der Waals surface area contributed by atoms with Gasteiger partial charge in [-0.2, -0.15) is 0 Å². The van der Waals surface area contributed by atoms with E-state index in [9.17, 15) is 14.4 Å². The molecule has 1 aliphatic heterocycles. The predicted molar refractivity (Wildman–Crippen MR) is 65.4 cm³/mol. The summed E-state index contributed by atoms with van der Waals surface area (Å²) in [6, 6.07) is -0.706. The monoisotopic (exact) mass is 275 g/mol. The molecule has 100 valence electrons. The Balaban J connectivity index is 0.00000180. The van der Waals surface area contributed by atoms with Crippen LogP contribution in [-0.2, 0) is 9.59 Å². The Labute approximate surface area is 135 Å². The summed E-state index contributed by atoms with van der Waals surface area (Å²) in [5.74, 6) is -0.225. The number of hydrogen-bond acceptors (Lipinski definition) is 3. The first-order valence-electron chi connectivity index (χ1n) is 6.48. The Morgan fingerprint density at radius 2 is 1.58 bits per heavy atom. The molecule has 0 bridgehead atoms. The zero-order valence-electron chi connectivity index (χ0n) is 12.2. The van der Waals surface area contributed by atoms with Gasteiger partial charge in [-0.3, -0.25) is 20.2 Å². The molecule has 2 fully saturated rings. The second-order valence-electron chi connectivity index (χ2n) is 5.94. The number of amides is 4. The molecule has 0 aromatic heterocycles. The SMILES string of the molecule is CC(C)C1CC(C)C2(C(=O)NC(=O)NC2=O)C1C.[Na+]. The Kier molecular flexibility index (Phi) is 4.86. The van der Waals surface area contributed by atoms with Gasteiger partial charge in [0.15, 0.2) is 0 Å². The smallest absolute Gasteiger partial charge is 0.277 e. The van der Waals surface area contributed by atoms with Crippen LogP contribution < -0.4 is 40.2 Å². The molecule has 1 saturated carbocycles. The first kappa shape index (κ1) is 16.7. The van der Waals surface area contributed by atoms with Gasteiger partial charge in [0.2, 0.25) is 11.8 Å². The Hall–Kier alpha value is -0.390. The van der Waals surface area contributed by atoms with Crippen molar-refractivity contribution in [3.8, 4) is 0 Å². The van der Waals surface area contributed by atoms with Crippen LogP contribution in [0, 0.1) is 29.1 Å². The van der Waals surface area contributed by atoms with Crippen molar-refractivity contribution in [3.63, 3.8) is 0 Å². The molecular weight excluding hydrogens is 255 g/mol. The summed E-state index contributed by atoms with van der Waals surface area (Å²) in [6.45, 7) is 8.09. The molecule has 1 spiro atoms. The summed E-state index contributed by atoms with van der Waals surface area (Å²) >= 11 is 0. The summed E-state index contributed by atoms with van der Waals surface area (Å²) in [7, 11) is 0.